The highest BCUT2D eigenvalue weighted by Gasteiger charge is 2.05. The smallest absolute Gasteiger partial charge is 0.338 e. The summed E-state index contributed by atoms with van der Waals surface area (Å²) in [5, 5.41) is 15.0. The van der Waals surface area contributed by atoms with Gasteiger partial charge in [-0.15, -0.1) is 0 Å². The highest BCUT2D eigenvalue weighted by atomic mass is 16.5. The molecule has 110 valence electrons. The van der Waals surface area contributed by atoms with E-state index in [0.29, 0.717) is 12.2 Å². The van der Waals surface area contributed by atoms with Gasteiger partial charge in [-0.25, -0.2) is 9.59 Å². The van der Waals surface area contributed by atoms with Gasteiger partial charge in [-0.1, -0.05) is 48.5 Å². The molecule has 0 radical (unpaired) electrons. The fourth-order valence-corrected chi connectivity index (χ4v) is 1.38. The van der Waals surface area contributed by atoms with Crippen LogP contribution in [0.25, 0.3) is 0 Å². The summed E-state index contributed by atoms with van der Waals surface area (Å²) >= 11 is 0. The molecule has 5 nitrogen and oxygen atoms in total. The van der Waals surface area contributed by atoms with Gasteiger partial charge < -0.3 is 14.9 Å². The lowest BCUT2D eigenvalue weighted by molar-refractivity contribution is -0.140. The Kier molecular flexibility index (Phi) is 7.24. The number of aliphatic hydroxyl groups is 1. The van der Waals surface area contributed by atoms with Crippen LogP contribution in [0.15, 0.2) is 60.7 Å². The molecule has 0 aliphatic carbocycles. The Morgan fingerprint density at radius 2 is 1.38 bits per heavy atom. The van der Waals surface area contributed by atoms with Gasteiger partial charge in [-0.05, 0) is 17.7 Å². The third-order valence-electron chi connectivity index (χ3n) is 2.36. The first-order chi connectivity index (χ1) is 10.1. The van der Waals surface area contributed by atoms with Crippen LogP contribution in [-0.4, -0.2) is 28.8 Å². The van der Waals surface area contributed by atoms with E-state index in [-0.39, 0.29) is 5.97 Å². The maximum Gasteiger partial charge on any atom is 0.338 e. The fraction of sp³-hybridized carbons (Fsp3) is 0.125. The summed E-state index contributed by atoms with van der Waals surface area (Å²) in [6.07, 6.45) is 0. The summed E-state index contributed by atoms with van der Waals surface area (Å²) in [5.41, 5.74) is 1.57. The van der Waals surface area contributed by atoms with E-state index >= 15 is 0 Å². The Labute approximate surface area is 122 Å². The fourth-order valence-electron chi connectivity index (χ4n) is 1.38. The molecule has 0 fully saturated rings. The molecule has 0 saturated carbocycles. The second-order valence-corrected chi connectivity index (χ2v) is 3.98. The molecule has 2 N–H and O–H groups in total. The van der Waals surface area contributed by atoms with Gasteiger partial charge in [0.25, 0.3) is 0 Å². The number of hydrogen-bond donors (Lipinski definition) is 2. The number of aliphatic hydroxyl groups excluding tert-OH is 1. The van der Waals surface area contributed by atoms with E-state index in [1.54, 1.807) is 12.1 Å². The van der Waals surface area contributed by atoms with Crippen molar-refractivity contribution >= 4 is 11.9 Å². The SMILES string of the molecule is O=C(O)CO.O=C(OCc1ccccc1)c1ccccc1. The van der Waals surface area contributed by atoms with Crippen LogP contribution in [0.1, 0.15) is 15.9 Å². The van der Waals surface area contributed by atoms with E-state index in [1.807, 2.05) is 48.5 Å². The molecule has 0 unspecified atom stereocenters. The van der Waals surface area contributed by atoms with Crippen molar-refractivity contribution in [1.29, 1.82) is 0 Å². The third-order valence-corrected chi connectivity index (χ3v) is 2.36. The van der Waals surface area contributed by atoms with E-state index < -0.39 is 12.6 Å². The normalized spacial score (nSPS) is 9.19. The van der Waals surface area contributed by atoms with E-state index in [0.717, 1.165) is 5.56 Å². The van der Waals surface area contributed by atoms with Crippen molar-refractivity contribution in [2.75, 3.05) is 6.61 Å². The minimum Gasteiger partial charge on any atom is -0.480 e. The largest absolute Gasteiger partial charge is 0.480 e. The van der Waals surface area contributed by atoms with Crippen molar-refractivity contribution in [3.8, 4) is 0 Å². The van der Waals surface area contributed by atoms with Gasteiger partial charge in [0.2, 0.25) is 0 Å². The second kappa shape index (κ2) is 9.28. The quantitative estimate of drug-likeness (QED) is 0.842. The minimum atomic E-state index is -1.19. The van der Waals surface area contributed by atoms with Gasteiger partial charge in [-0.3, -0.25) is 0 Å². The lowest BCUT2D eigenvalue weighted by Crippen LogP contribution is -2.04. The van der Waals surface area contributed by atoms with Crippen molar-refractivity contribution in [2.24, 2.45) is 0 Å². The number of esters is 1. The van der Waals surface area contributed by atoms with Crippen molar-refractivity contribution in [3.05, 3.63) is 71.8 Å². The molecule has 0 bridgehead atoms. The number of benzene rings is 2. The monoisotopic (exact) mass is 288 g/mol. The summed E-state index contributed by atoms with van der Waals surface area (Å²) < 4.78 is 5.18. The Bertz CT molecular complexity index is 551. The van der Waals surface area contributed by atoms with Crippen molar-refractivity contribution in [1.82, 2.24) is 0 Å². The van der Waals surface area contributed by atoms with E-state index in [1.165, 1.54) is 0 Å². The van der Waals surface area contributed by atoms with Crippen LogP contribution in [0.3, 0.4) is 0 Å². The molecule has 0 heterocycles. The Morgan fingerprint density at radius 1 is 0.905 bits per heavy atom. The Morgan fingerprint density at radius 3 is 1.86 bits per heavy atom. The first-order valence-electron chi connectivity index (χ1n) is 6.22. The van der Waals surface area contributed by atoms with Crippen molar-refractivity contribution in [3.63, 3.8) is 0 Å². The minimum absolute atomic E-state index is 0.288. The average molecular weight is 288 g/mol. The lowest BCUT2D eigenvalue weighted by Gasteiger charge is -2.04. The first-order valence-corrected chi connectivity index (χ1v) is 6.22. The predicted molar refractivity (Wildman–Crippen MR) is 76.7 cm³/mol. The third kappa shape index (κ3) is 6.89. The van der Waals surface area contributed by atoms with E-state index in [2.05, 4.69) is 0 Å². The van der Waals surface area contributed by atoms with Crippen LogP contribution < -0.4 is 0 Å². The van der Waals surface area contributed by atoms with Gasteiger partial charge in [-0.2, -0.15) is 0 Å². The molecule has 2 aromatic rings. The zero-order valence-corrected chi connectivity index (χ0v) is 11.3. The number of carbonyl (C=O) groups excluding carboxylic acids is 1. The summed E-state index contributed by atoms with van der Waals surface area (Å²) in [7, 11) is 0. The molecule has 0 spiro atoms. The summed E-state index contributed by atoms with van der Waals surface area (Å²) in [5.74, 6) is -1.48. The molecule has 2 rings (SSSR count). The van der Waals surface area contributed by atoms with Crippen LogP contribution in [0, 0.1) is 0 Å². The van der Waals surface area contributed by atoms with Gasteiger partial charge >= 0.3 is 11.9 Å². The highest BCUT2D eigenvalue weighted by molar-refractivity contribution is 5.89. The number of carboxylic acid groups (broad SMARTS) is 1. The molecule has 0 amide bonds. The van der Waals surface area contributed by atoms with Crippen LogP contribution in [-0.2, 0) is 16.1 Å². The number of ether oxygens (including phenoxy) is 1. The number of carboxylic acids is 1. The lowest BCUT2D eigenvalue weighted by atomic mass is 10.2. The molecular formula is C16H16O5. The van der Waals surface area contributed by atoms with Crippen molar-refractivity contribution in [2.45, 2.75) is 6.61 Å². The standard InChI is InChI=1S/C14H12O2.C2H4O3/c15-14(13-9-5-2-6-10-13)16-11-12-7-3-1-4-8-12;3-1-2(4)5/h1-10H,11H2;3H,1H2,(H,4,5). The molecule has 0 aliphatic heterocycles. The molecule has 0 aliphatic rings. The summed E-state index contributed by atoms with van der Waals surface area (Å²) in [4.78, 5) is 20.7. The second-order valence-electron chi connectivity index (χ2n) is 3.98. The predicted octanol–water partition coefficient (Wildman–Crippen LogP) is 2.11. The topological polar surface area (TPSA) is 83.8 Å². The van der Waals surface area contributed by atoms with Gasteiger partial charge in [0.05, 0.1) is 5.56 Å². The number of carbonyl (C=O) groups is 2. The van der Waals surface area contributed by atoms with Gasteiger partial charge in [0, 0.05) is 0 Å². The zero-order chi connectivity index (χ0) is 15.5. The first kappa shape index (κ1) is 16.4. The molecule has 5 heteroatoms. The number of aliphatic carboxylic acids is 1. The zero-order valence-electron chi connectivity index (χ0n) is 11.3. The molecular weight excluding hydrogens is 272 g/mol. The molecule has 0 atom stereocenters. The molecule has 2 aromatic carbocycles. The molecule has 0 aromatic heterocycles. The molecule has 0 saturated heterocycles. The maximum atomic E-state index is 11.6. The van der Waals surface area contributed by atoms with Gasteiger partial charge in [0.1, 0.15) is 13.2 Å². The summed E-state index contributed by atoms with van der Waals surface area (Å²) in [6, 6.07) is 18.6. The van der Waals surface area contributed by atoms with E-state index in [9.17, 15) is 4.79 Å². The van der Waals surface area contributed by atoms with Crippen LogP contribution in [0.2, 0.25) is 0 Å². The maximum absolute atomic E-state index is 11.6. The van der Waals surface area contributed by atoms with Crippen LogP contribution >= 0.6 is 0 Å². The van der Waals surface area contributed by atoms with Crippen LogP contribution in [0.5, 0.6) is 0 Å². The van der Waals surface area contributed by atoms with Crippen molar-refractivity contribution < 1.29 is 24.5 Å². The average Bonchev–Trinajstić information content (AvgIpc) is 2.55. The Hall–Kier alpha value is -2.66. The molecule has 21 heavy (non-hydrogen) atoms. The van der Waals surface area contributed by atoms with Gasteiger partial charge in [0.15, 0.2) is 0 Å². The summed E-state index contributed by atoms with van der Waals surface area (Å²) in [6.45, 7) is -0.464. The van der Waals surface area contributed by atoms with Crippen LogP contribution in [0.4, 0.5) is 0 Å². The Balaban J connectivity index is 0.000000383. The highest BCUT2D eigenvalue weighted by Crippen LogP contribution is 2.05. The number of rotatable bonds is 4. The van der Waals surface area contributed by atoms with E-state index in [4.69, 9.17) is 19.7 Å². The number of hydrogen-bond acceptors (Lipinski definition) is 4.